The van der Waals surface area contributed by atoms with Crippen molar-refractivity contribution in [2.75, 3.05) is 19.7 Å². The van der Waals surface area contributed by atoms with E-state index in [0.29, 0.717) is 50.7 Å². The molecule has 0 amide bonds. The number of sulfonamides is 1. The summed E-state index contributed by atoms with van der Waals surface area (Å²) in [5.41, 5.74) is 0.821. The van der Waals surface area contributed by atoms with Gasteiger partial charge in [0.2, 0.25) is 15.9 Å². The highest BCUT2D eigenvalue weighted by molar-refractivity contribution is 7.88. The average Bonchev–Trinajstić information content (AvgIpc) is 3.42. The van der Waals surface area contributed by atoms with E-state index < -0.39 is 10.0 Å². The van der Waals surface area contributed by atoms with Crippen LogP contribution in [0.15, 0.2) is 34.9 Å². The van der Waals surface area contributed by atoms with E-state index in [1.165, 1.54) is 0 Å². The predicted octanol–water partition coefficient (Wildman–Crippen LogP) is 2.50. The molecule has 8 heteroatoms. The molecule has 0 radical (unpaired) electrons. The molecule has 1 saturated carbocycles. The van der Waals surface area contributed by atoms with Crippen molar-refractivity contribution in [2.24, 2.45) is 0 Å². The number of nitrogens with zero attached hydrogens (tertiary/aromatic N) is 3. The fourth-order valence-corrected chi connectivity index (χ4v) is 4.90. The molecule has 2 heterocycles. The first-order chi connectivity index (χ1) is 13.1. The number of ether oxygens (including phenoxy) is 1. The van der Waals surface area contributed by atoms with Crippen LogP contribution >= 0.6 is 0 Å². The first kappa shape index (κ1) is 18.6. The third-order valence-corrected chi connectivity index (χ3v) is 6.93. The topological polar surface area (TPSA) is 85.5 Å². The molecule has 1 saturated heterocycles. The highest BCUT2D eigenvalue weighted by Gasteiger charge is 2.30. The zero-order valence-corrected chi connectivity index (χ0v) is 16.1. The van der Waals surface area contributed by atoms with Gasteiger partial charge >= 0.3 is 0 Å². The van der Waals surface area contributed by atoms with Gasteiger partial charge in [-0.15, -0.1) is 0 Å². The third kappa shape index (κ3) is 4.94. The number of rotatable bonds is 8. The van der Waals surface area contributed by atoms with Crippen molar-refractivity contribution in [1.82, 2.24) is 14.4 Å². The molecule has 2 aromatic rings. The van der Waals surface area contributed by atoms with Crippen molar-refractivity contribution in [3.63, 3.8) is 0 Å². The van der Waals surface area contributed by atoms with Gasteiger partial charge in [0.1, 0.15) is 0 Å². The summed E-state index contributed by atoms with van der Waals surface area (Å²) in [6.07, 6.45) is 4.43. The maximum absolute atomic E-state index is 12.6. The van der Waals surface area contributed by atoms with Gasteiger partial charge in [-0.05, 0) is 31.2 Å². The molecule has 1 aromatic heterocycles. The minimum Gasteiger partial charge on any atom is -0.378 e. The summed E-state index contributed by atoms with van der Waals surface area (Å²) in [4.78, 5) is 4.39. The van der Waals surface area contributed by atoms with Crippen LogP contribution in [0.25, 0.3) is 0 Å². The highest BCUT2D eigenvalue weighted by Crippen LogP contribution is 2.38. The molecule has 1 aromatic carbocycles. The Hall–Kier alpha value is -1.77. The summed E-state index contributed by atoms with van der Waals surface area (Å²) in [6.45, 7) is 1.55. The number of benzene rings is 1. The summed E-state index contributed by atoms with van der Waals surface area (Å²) in [7, 11) is -3.28. The zero-order valence-electron chi connectivity index (χ0n) is 15.3. The van der Waals surface area contributed by atoms with Gasteiger partial charge in [-0.2, -0.15) is 4.98 Å². The van der Waals surface area contributed by atoms with Crippen molar-refractivity contribution in [3.8, 4) is 0 Å². The van der Waals surface area contributed by atoms with Crippen LogP contribution in [-0.2, 0) is 26.9 Å². The molecular formula is C19H25N3O4S. The minimum atomic E-state index is -3.28. The second-order valence-electron chi connectivity index (χ2n) is 7.28. The standard InChI is InChI=1S/C19H25N3O4S/c23-27(24,14-15-4-2-1-3-5-15)22-11-8-17(9-12-22)25-13-10-18-20-19(26-21-18)16-6-7-16/h1-5,16-17H,6-14H2. The van der Waals surface area contributed by atoms with E-state index in [2.05, 4.69) is 10.1 Å². The van der Waals surface area contributed by atoms with E-state index >= 15 is 0 Å². The van der Waals surface area contributed by atoms with E-state index in [1.54, 1.807) is 4.31 Å². The van der Waals surface area contributed by atoms with E-state index in [1.807, 2.05) is 30.3 Å². The van der Waals surface area contributed by atoms with E-state index in [0.717, 1.165) is 24.3 Å². The minimum absolute atomic E-state index is 0.0561. The van der Waals surface area contributed by atoms with Crippen LogP contribution in [0, 0.1) is 0 Å². The van der Waals surface area contributed by atoms with Gasteiger partial charge in [-0.1, -0.05) is 35.5 Å². The van der Waals surface area contributed by atoms with Crippen molar-refractivity contribution >= 4 is 10.0 Å². The van der Waals surface area contributed by atoms with Crippen LogP contribution in [0.2, 0.25) is 0 Å². The Labute approximate surface area is 159 Å². The fourth-order valence-electron chi connectivity index (χ4n) is 3.34. The van der Waals surface area contributed by atoms with Gasteiger partial charge < -0.3 is 9.26 Å². The number of piperidine rings is 1. The normalized spacial score (nSPS) is 19.4. The molecule has 4 rings (SSSR count). The van der Waals surface area contributed by atoms with Crippen molar-refractivity contribution in [2.45, 2.75) is 49.9 Å². The highest BCUT2D eigenvalue weighted by atomic mass is 32.2. The summed E-state index contributed by atoms with van der Waals surface area (Å²) >= 11 is 0. The molecule has 0 N–H and O–H groups in total. The van der Waals surface area contributed by atoms with Gasteiger partial charge in [0.25, 0.3) is 0 Å². The molecule has 2 fully saturated rings. The molecule has 0 bridgehead atoms. The molecule has 7 nitrogen and oxygen atoms in total. The van der Waals surface area contributed by atoms with Gasteiger partial charge in [-0.3, -0.25) is 0 Å². The van der Waals surface area contributed by atoms with Gasteiger partial charge in [0, 0.05) is 25.4 Å². The lowest BCUT2D eigenvalue weighted by Gasteiger charge is -2.31. The van der Waals surface area contributed by atoms with Crippen LogP contribution < -0.4 is 0 Å². The molecule has 0 spiro atoms. The maximum atomic E-state index is 12.6. The monoisotopic (exact) mass is 391 g/mol. The quantitative estimate of drug-likeness (QED) is 0.687. The second kappa shape index (κ2) is 8.08. The summed E-state index contributed by atoms with van der Waals surface area (Å²) in [5.74, 6) is 1.97. The van der Waals surface area contributed by atoms with E-state index in [4.69, 9.17) is 9.26 Å². The lowest BCUT2D eigenvalue weighted by molar-refractivity contribution is 0.0222. The number of aromatic nitrogens is 2. The Balaban J connectivity index is 1.20. The SMILES string of the molecule is O=S(=O)(Cc1ccccc1)N1CCC(OCCc2noc(C3CC3)n2)CC1. The molecule has 27 heavy (non-hydrogen) atoms. The molecule has 0 atom stereocenters. The molecule has 2 aliphatic rings. The van der Waals surface area contributed by atoms with Crippen molar-refractivity contribution in [3.05, 3.63) is 47.6 Å². The van der Waals surface area contributed by atoms with Gasteiger partial charge in [0.05, 0.1) is 18.5 Å². The molecule has 1 aliphatic heterocycles. The average molecular weight is 391 g/mol. The van der Waals surface area contributed by atoms with Crippen molar-refractivity contribution in [1.29, 1.82) is 0 Å². The van der Waals surface area contributed by atoms with Crippen molar-refractivity contribution < 1.29 is 17.7 Å². The maximum Gasteiger partial charge on any atom is 0.229 e. The molecule has 0 unspecified atom stereocenters. The smallest absolute Gasteiger partial charge is 0.229 e. The Morgan fingerprint density at radius 3 is 2.56 bits per heavy atom. The Morgan fingerprint density at radius 1 is 1.11 bits per heavy atom. The first-order valence-corrected chi connectivity index (χ1v) is 11.2. The summed E-state index contributed by atoms with van der Waals surface area (Å²) in [5, 5.41) is 3.99. The van der Waals surface area contributed by atoms with Gasteiger partial charge in [-0.25, -0.2) is 12.7 Å². The zero-order chi connectivity index (χ0) is 18.7. The second-order valence-corrected chi connectivity index (χ2v) is 9.25. The lowest BCUT2D eigenvalue weighted by atomic mass is 10.1. The van der Waals surface area contributed by atoms with E-state index in [-0.39, 0.29) is 11.9 Å². The third-order valence-electron chi connectivity index (χ3n) is 5.08. The number of hydrogen-bond donors (Lipinski definition) is 0. The Morgan fingerprint density at radius 2 is 1.85 bits per heavy atom. The Kier molecular flexibility index (Phi) is 5.56. The Bertz CT molecular complexity index is 841. The van der Waals surface area contributed by atoms with Crippen LogP contribution in [0.5, 0.6) is 0 Å². The van der Waals surface area contributed by atoms with Crippen LogP contribution in [0.4, 0.5) is 0 Å². The fraction of sp³-hybridized carbons (Fsp3) is 0.579. The molecule has 1 aliphatic carbocycles. The van der Waals surface area contributed by atoms with E-state index in [9.17, 15) is 8.42 Å². The van der Waals surface area contributed by atoms with Crippen LogP contribution in [0.3, 0.4) is 0 Å². The predicted molar refractivity (Wildman–Crippen MR) is 99.6 cm³/mol. The lowest BCUT2D eigenvalue weighted by Crippen LogP contribution is -2.41. The largest absolute Gasteiger partial charge is 0.378 e. The first-order valence-electron chi connectivity index (χ1n) is 9.56. The summed E-state index contributed by atoms with van der Waals surface area (Å²) in [6, 6.07) is 9.31. The molecule has 146 valence electrons. The van der Waals surface area contributed by atoms with Crippen LogP contribution in [0.1, 0.15) is 48.9 Å². The molecular weight excluding hydrogens is 366 g/mol. The number of hydrogen-bond acceptors (Lipinski definition) is 6. The summed E-state index contributed by atoms with van der Waals surface area (Å²) < 4.78 is 37.9. The van der Waals surface area contributed by atoms with Crippen LogP contribution in [-0.4, -0.2) is 48.7 Å². The van der Waals surface area contributed by atoms with Gasteiger partial charge in [0.15, 0.2) is 5.82 Å².